The van der Waals surface area contributed by atoms with Crippen LogP contribution in [-0.2, 0) is 11.2 Å². The van der Waals surface area contributed by atoms with Crippen molar-refractivity contribution in [2.45, 2.75) is 19.3 Å². The number of fused-ring (bicyclic) bond motifs is 1. The van der Waals surface area contributed by atoms with E-state index in [9.17, 15) is 4.79 Å². The van der Waals surface area contributed by atoms with Crippen molar-refractivity contribution in [3.8, 4) is 5.75 Å². The van der Waals surface area contributed by atoms with Crippen LogP contribution in [0.4, 0.5) is 5.69 Å². The van der Waals surface area contributed by atoms with E-state index in [0.717, 1.165) is 27.0 Å². The van der Waals surface area contributed by atoms with E-state index in [1.165, 1.54) is 0 Å². The fourth-order valence-electron chi connectivity index (χ4n) is 2.66. The number of hydrogen-bond acceptors (Lipinski definition) is 2. The molecule has 3 nitrogen and oxygen atoms in total. The Morgan fingerprint density at radius 2 is 2.05 bits per heavy atom. The van der Waals surface area contributed by atoms with Crippen molar-refractivity contribution < 1.29 is 9.53 Å². The second-order valence-corrected chi connectivity index (χ2v) is 5.87. The van der Waals surface area contributed by atoms with Crippen molar-refractivity contribution in [1.29, 1.82) is 0 Å². The van der Waals surface area contributed by atoms with Gasteiger partial charge in [0.15, 0.2) is 0 Å². The summed E-state index contributed by atoms with van der Waals surface area (Å²) in [6, 6.07) is 13.8. The van der Waals surface area contributed by atoms with E-state index in [1.807, 2.05) is 49.4 Å². The summed E-state index contributed by atoms with van der Waals surface area (Å²) in [5.41, 5.74) is 3.07. The van der Waals surface area contributed by atoms with Crippen molar-refractivity contribution in [2.24, 2.45) is 0 Å². The molecule has 1 N–H and O–H groups in total. The predicted octanol–water partition coefficient (Wildman–Crippen LogP) is 4.13. The molecule has 1 amide bonds. The molecule has 4 heteroatoms. The number of hydrogen-bond donors (Lipinski definition) is 1. The summed E-state index contributed by atoms with van der Waals surface area (Å²) in [5, 5.41) is 2.94. The molecule has 0 fully saturated rings. The quantitative estimate of drug-likeness (QED) is 0.904. The van der Waals surface area contributed by atoms with Crippen molar-refractivity contribution >= 4 is 27.5 Å². The number of nitrogens with one attached hydrogen (secondary N) is 1. The van der Waals surface area contributed by atoms with Crippen molar-refractivity contribution in [2.75, 3.05) is 11.9 Å². The van der Waals surface area contributed by atoms with Crippen LogP contribution in [0.1, 0.15) is 24.0 Å². The van der Waals surface area contributed by atoms with Gasteiger partial charge in [0.25, 0.3) is 0 Å². The summed E-state index contributed by atoms with van der Waals surface area (Å²) in [7, 11) is 0. The zero-order valence-corrected chi connectivity index (χ0v) is 13.3. The minimum atomic E-state index is -0.144. The Balaban J connectivity index is 1.90. The molecule has 3 rings (SSSR count). The van der Waals surface area contributed by atoms with Gasteiger partial charge in [0.05, 0.1) is 12.5 Å². The molecule has 0 bridgehead atoms. The number of ether oxygens (including phenoxy) is 1. The third-order valence-corrected chi connectivity index (χ3v) is 4.44. The van der Waals surface area contributed by atoms with E-state index in [2.05, 4.69) is 21.2 Å². The Morgan fingerprint density at radius 3 is 2.86 bits per heavy atom. The first-order chi connectivity index (χ1) is 10.2. The third kappa shape index (κ3) is 2.81. The lowest BCUT2D eigenvalue weighted by atomic mass is 9.93. The summed E-state index contributed by atoms with van der Waals surface area (Å²) >= 11 is 3.56. The number of para-hydroxylation sites is 1. The minimum absolute atomic E-state index is 0.0601. The highest BCUT2D eigenvalue weighted by atomic mass is 79.9. The highest BCUT2D eigenvalue weighted by Crippen LogP contribution is 2.36. The zero-order chi connectivity index (χ0) is 14.8. The van der Waals surface area contributed by atoms with Gasteiger partial charge in [-0.25, -0.2) is 0 Å². The smallest absolute Gasteiger partial charge is 0.232 e. The van der Waals surface area contributed by atoms with Crippen molar-refractivity contribution in [3.63, 3.8) is 0 Å². The lowest BCUT2D eigenvalue weighted by Crippen LogP contribution is -2.14. The van der Waals surface area contributed by atoms with Gasteiger partial charge in [0.1, 0.15) is 5.75 Å². The fourth-order valence-corrected chi connectivity index (χ4v) is 3.07. The van der Waals surface area contributed by atoms with Crippen LogP contribution in [0, 0.1) is 0 Å². The maximum Gasteiger partial charge on any atom is 0.232 e. The molecule has 0 saturated carbocycles. The van der Waals surface area contributed by atoms with E-state index >= 15 is 0 Å². The molecule has 1 aliphatic heterocycles. The van der Waals surface area contributed by atoms with Crippen molar-refractivity contribution in [3.05, 3.63) is 58.1 Å². The fraction of sp³-hybridized carbons (Fsp3) is 0.235. The SMILES string of the molecule is CCOc1ccc(Br)c(C[C@@H]2C(=O)Nc3ccccc32)c1. The summed E-state index contributed by atoms with van der Waals surface area (Å²) in [6.07, 6.45) is 0.657. The molecule has 2 aromatic carbocycles. The molecule has 0 aromatic heterocycles. The Morgan fingerprint density at radius 1 is 1.24 bits per heavy atom. The second-order valence-electron chi connectivity index (χ2n) is 5.02. The molecule has 0 spiro atoms. The lowest BCUT2D eigenvalue weighted by Gasteiger charge is -2.12. The largest absolute Gasteiger partial charge is 0.494 e. The first kappa shape index (κ1) is 14.1. The maximum atomic E-state index is 12.2. The number of rotatable bonds is 4. The van der Waals surface area contributed by atoms with Gasteiger partial charge in [-0.1, -0.05) is 34.1 Å². The van der Waals surface area contributed by atoms with Crippen LogP contribution in [0.15, 0.2) is 46.9 Å². The van der Waals surface area contributed by atoms with Crippen LogP contribution in [0.2, 0.25) is 0 Å². The molecule has 0 aliphatic carbocycles. The molecular formula is C17H16BrNO2. The molecule has 0 radical (unpaired) electrons. The monoisotopic (exact) mass is 345 g/mol. The average molecular weight is 346 g/mol. The van der Waals surface area contributed by atoms with Crippen LogP contribution in [0.25, 0.3) is 0 Å². The molecule has 1 heterocycles. The lowest BCUT2D eigenvalue weighted by molar-refractivity contribution is -0.117. The number of anilines is 1. The highest BCUT2D eigenvalue weighted by molar-refractivity contribution is 9.10. The zero-order valence-electron chi connectivity index (χ0n) is 11.7. The van der Waals surface area contributed by atoms with Gasteiger partial charge in [-0.05, 0) is 48.7 Å². The van der Waals surface area contributed by atoms with Gasteiger partial charge < -0.3 is 10.1 Å². The van der Waals surface area contributed by atoms with Crippen LogP contribution < -0.4 is 10.1 Å². The highest BCUT2D eigenvalue weighted by Gasteiger charge is 2.30. The van der Waals surface area contributed by atoms with Gasteiger partial charge in [0.2, 0.25) is 5.91 Å². The van der Waals surface area contributed by atoms with E-state index < -0.39 is 0 Å². The Bertz CT molecular complexity index is 684. The van der Waals surface area contributed by atoms with E-state index in [1.54, 1.807) is 0 Å². The van der Waals surface area contributed by atoms with E-state index in [4.69, 9.17) is 4.74 Å². The van der Waals surface area contributed by atoms with Gasteiger partial charge in [0, 0.05) is 10.2 Å². The van der Waals surface area contributed by atoms with E-state index in [0.29, 0.717) is 13.0 Å². The predicted molar refractivity (Wildman–Crippen MR) is 86.8 cm³/mol. The standard InChI is InChI=1S/C17H16BrNO2/c1-2-21-12-7-8-15(18)11(9-12)10-14-13-5-3-4-6-16(13)19-17(14)20/h3-9,14H,2,10H2,1H3,(H,19,20)/t14-/m0/s1. The van der Waals surface area contributed by atoms with Gasteiger partial charge in [-0.15, -0.1) is 0 Å². The van der Waals surface area contributed by atoms with Crippen LogP contribution in [0.5, 0.6) is 5.75 Å². The summed E-state index contributed by atoms with van der Waals surface area (Å²) in [5.74, 6) is 0.752. The van der Waals surface area contributed by atoms with E-state index in [-0.39, 0.29) is 11.8 Å². The number of benzene rings is 2. The van der Waals surface area contributed by atoms with Gasteiger partial charge in [-0.3, -0.25) is 4.79 Å². The number of carbonyl (C=O) groups is 1. The first-order valence-corrected chi connectivity index (χ1v) is 7.79. The van der Waals surface area contributed by atoms with Crippen LogP contribution in [0.3, 0.4) is 0 Å². The average Bonchev–Trinajstić information content (AvgIpc) is 2.79. The summed E-state index contributed by atoms with van der Waals surface area (Å²) in [4.78, 5) is 12.2. The first-order valence-electron chi connectivity index (χ1n) is 7.00. The number of amides is 1. The molecule has 21 heavy (non-hydrogen) atoms. The number of carbonyl (C=O) groups excluding carboxylic acids is 1. The van der Waals surface area contributed by atoms with Crippen LogP contribution in [-0.4, -0.2) is 12.5 Å². The molecule has 108 valence electrons. The molecule has 0 unspecified atom stereocenters. The molecule has 1 aliphatic rings. The van der Waals surface area contributed by atoms with Crippen molar-refractivity contribution in [1.82, 2.24) is 0 Å². The maximum absolute atomic E-state index is 12.2. The third-order valence-electron chi connectivity index (χ3n) is 3.66. The Hall–Kier alpha value is -1.81. The molecule has 1 atom stereocenters. The second kappa shape index (κ2) is 5.90. The summed E-state index contributed by atoms with van der Waals surface area (Å²) in [6.45, 7) is 2.59. The molecular weight excluding hydrogens is 330 g/mol. The molecule has 2 aromatic rings. The van der Waals surface area contributed by atoms with Gasteiger partial charge >= 0.3 is 0 Å². The summed E-state index contributed by atoms with van der Waals surface area (Å²) < 4.78 is 6.54. The normalized spacial score (nSPS) is 16.5. The number of halogens is 1. The van der Waals surface area contributed by atoms with Gasteiger partial charge in [-0.2, -0.15) is 0 Å². The minimum Gasteiger partial charge on any atom is -0.494 e. The van der Waals surface area contributed by atoms with Crippen LogP contribution >= 0.6 is 15.9 Å². The Labute approximate surface area is 132 Å². The Kier molecular flexibility index (Phi) is 3.97. The topological polar surface area (TPSA) is 38.3 Å². The molecule has 0 saturated heterocycles.